The summed E-state index contributed by atoms with van der Waals surface area (Å²) in [6, 6.07) is 18.8. The van der Waals surface area contributed by atoms with Gasteiger partial charge in [0.2, 0.25) is 5.91 Å². The Bertz CT molecular complexity index is 870. The number of amides is 1. The van der Waals surface area contributed by atoms with Crippen LogP contribution in [0.15, 0.2) is 48.5 Å². The lowest BCUT2D eigenvalue weighted by Crippen LogP contribution is -2.47. The number of nitriles is 1. The Labute approximate surface area is 162 Å². The van der Waals surface area contributed by atoms with Crippen molar-refractivity contribution in [3.63, 3.8) is 0 Å². The molecule has 0 heterocycles. The number of carbonyl (C=O) groups is 1. The van der Waals surface area contributed by atoms with E-state index in [0.29, 0.717) is 0 Å². The topological polar surface area (TPSA) is 66.9 Å². The van der Waals surface area contributed by atoms with Crippen LogP contribution in [0.2, 0.25) is 0 Å². The van der Waals surface area contributed by atoms with Crippen LogP contribution in [0.4, 0.5) is 0 Å². The molecule has 3 nitrogen and oxygen atoms in total. The normalized spacial score (nSPS) is 18.7. The lowest BCUT2D eigenvalue weighted by molar-refractivity contribution is -0.126. The van der Waals surface area contributed by atoms with Crippen molar-refractivity contribution in [2.45, 2.75) is 63.2 Å². The van der Waals surface area contributed by atoms with E-state index < -0.39 is 0 Å². The minimum Gasteiger partial charge on any atom is -0.369 e. The monoisotopic (exact) mass is 360 g/mol. The first kappa shape index (κ1) is 19.2. The van der Waals surface area contributed by atoms with Gasteiger partial charge < -0.3 is 5.73 Å². The highest BCUT2D eigenvalue weighted by Gasteiger charge is 2.44. The molecule has 0 bridgehead atoms. The van der Waals surface area contributed by atoms with Gasteiger partial charge in [0.05, 0.1) is 16.9 Å². The molecule has 0 atom stereocenters. The van der Waals surface area contributed by atoms with Gasteiger partial charge in [0, 0.05) is 0 Å². The molecule has 2 aromatic carbocycles. The van der Waals surface area contributed by atoms with Gasteiger partial charge in [-0.2, -0.15) is 5.26 Å². The summed E-state index contributed by atoms with van der Waals surface area (Å²) in [7, 11) is 0. The highest BCUT2D eigenvalue weighted by atomic mass is 16.1. The van der Waals surface area contributed by atoms with Gasteiger partial charge in [0.25, 0.3) is 0 Å². The molecule has 2 aliphatic rings. The fourth-order valence-corrected chi connectivity index (χ4v) is 4.37. The van der Waals surface area contributed by atoms with Crippen molar-refractivity contribution in [3.05, 3.63) is 70.8 Å². The summed E-state index contributed by atoms with van der Waals surface area (Å²) in [4.78, 5) is 11.5. The van der Waals surface area contributed by atoms with Gasteiger partial charge in [0.15, 0.2) is 0 Å². The Morgan fingerprint density at radius 3 is 1.70 bits per heavy atom. The Kier molecular flexibility index (Phi) is 5.37. The highest BCUT2D eigenvalue weighted by molar-refractivity contribution is 5.88. The third-order valence-electron chi connectivity index (χ3n) is 6.42. The summed E-state index contributed by atoms with van der Waals surface area (Å²) in [6.07, 6.45) is 6.20. The second-order valence-corrected chi connectivity index (χ2v) is 7.98. The van der Waals surface area contributed by atoms with E-state index in [9.17, 15) is 4.79 Å². The molecule has 0 saturated heterocycles. The molecule has 0 spiro atoms. The lowest BCUT2D eigenvalue weighted by Gasteiger charge is -2.40. The van der Waals surface area contributed by atoms with E-state index in [4.69, 9.17) is 11.0 Å². The van der Waals surface area contributed by atoms with Crippen molar-refractivity contribution in [2.24, 2.45) is 5.73 Å². The average molecular weight is 361 g/mol. The van der Waals surface area contributed by atoms with E-state index in [0.717, 1.165) is 37.7 Å². The van der Waals surface area contributed by atoms with Crippen molar-refractivity contribution in [1.29, 1.82) is 5.26 Å². The maximum atomic E-state index is 11.5. The minimum atomic E-state index is -0.356. The Morgan fingerprint density at radius 1 is 0.889 bits per heavy atom. The average Bonchev–Trinajstić information content (AvgIpc) is 2.57. The fourth-order valence-electron chi connectivity index (χ4n) is 4.37. The van der Waals surface area contributed by atoms with Gasteiger partial charge in [-0.25, -0.2) is 0 Å². The molecule has 2 fully saturated rings. The number of primary amides is 1. The van der Waals surface area contributed by atoms with Crippen molar-refractivity contribution < 1.29 is 4.79 Å². The predicted molar refractivity (Wildman–Crippen MR) is 108 cm³/mol. The maximum absolute atomic E-state index is 11.5. The van der Waals surface area contributed by atoms with Gasteiger partial charge in [0.1, 0.15) is 0 Å². The zero-order valence-corrected chi connectivity index (χ0v) is 16.3. The van der Waals surface area contributed by atoms with Crippen LogP contribution >= 0.6 is 0 Å². The summed E-state index contributed by atoms with van der Waals surface area (Å²) in [5, 5.41) is 9.16. The molecular formula is C24H28N2O. The SMILES string of the molecule is Cc1ccccc1C1(C#N)CCC1.Cc1ccccc1C1(C(N)=O)CCC1. The zero-order valence-electron chi connectivity index (χ0n) is 16.3. The van der Waals surface area contributed by atoms with Crippen LogP contribution in [-0.2, 0) is 15.6 Å². The van der Waals surface area contributed by atoms with Gasteiger partial charge in [-0.05, 0) is 68.2 Å². The van der Waals surface area contributed by atoms with E-state index in [1.54, 1.807) is 0 Å². The fraction of sp³-hybridized carbons (Fsp3) is 0.417. The van der Waals surface area contributed by atoms with Crippen LogP contribution in [0.1, 0.15) is 60.8 Å². The molecule has 2 aliphatic carbocycles. The number of nitrogens with two attached hydrogens (primary N) is 1. The van der Waals surface area contributed by atoms with Crippen LogP contribution in [0.3, 0.4) is 0 Å². The van der Waals surface area contributed by atoms with Crippen LogP contribution in [0, 0.1) is 25.2 Å². The molecule has 140 valence electrons. The summed E-state index contributed by atoms with van der Waals surface area (Å²) in [6.45, 7) is 4.13. The largest absolute Gasteiger partial charge is 0.369 e. The van der Waals surface area contributed by atoms with Crippen LogP contribution < -0.4 is 5.73 Å². The first-order chi connectivity index (χ1) is 12.9. The van der Waals surface area contributed by atoms with Gasteiger partial charge in [-0.3, -0.25) is 4.79 Å². The number of benzene rings is 2. The number of aryl methyl sites for hydroxylation is 2. The van der Waals surface area contributed by atoms with E-state index in [1.807, 2.05) is 43.3 Å². The van der Waals surface area contributed by atoms with E-state index in [2.05, 4.69) is 25.1 Å². The summed E-state index contributed by atoms with van der Waals surface area (Å²) >= 11 is 0. The van der Waals surface area contributed by atoms with Crippen molar-refractivity contribution in [2.75, 3.05) is 0 Å². The van der Waals surface area contributed by atoms with Crippen LogP contribution in [0.25, 0.3) is 0 Å². The van der Waals surface area contributed by atoms with Crippen LogP contribution in [0.5, 0.6) is 0 Å². The molecule has 2 saturated carbocycles. The third-order valence-corrected chi connectivity index (χ3v) is 6.42. The lowest BCUT2D eigenvalue weighted by atomic mass is 9.63. The Balaban J connectivity index is 0.000000156. The molecule has 27 heavy (non-hydrogen) atoms. The summed E-state index contributed by atoms with van der Waals surface area (Å²) in [5.74, 6) is -0.168. The molecule has 2 N–H and O–H groups in total. The van der Waals surface area contributed by atoms with E-state index >= 15 is 0 Å². The Hall–Kier alpha value is -2.60. The highest BCUT2D eigenvalue weighted by Crippen LogP contribution is 2.45. The molecule has 3 heteroatoms. The van der Waals surface area contributed by atoms with Gasteiger partial charge >= 0.3 is 0 Å². The van der Waals surface area contributed by atoms with Crippen molar-refractivity contribution >= 4 is 5.91 Å². The molecule has 0 aromatic heterocycles. The van der Waals surface area contributed by atoms with Crippen LogP contribution in [-0.4, -0.2) is 5.91 Å². The third kappa shape index (κ3) is 3.37. The van der Waals surface area contributed by atoms with Crippen molar-refractivity contribution in [1.82, 2.24) is 0 Å². The molecule has 1 amide bonds. The number of hydrogen-bond acceptors (Lipinski definition) is 2. The molecule has 0 aliphatic heterocycles. The summed E-state index contributed by atoms with van der Waals surface area (Å²) < 4.78 is 0. The minimum absolute atomic E-state index is 0.147. The van der Waals surface area contributed by atoms with Gasteiger partial charge in [-0.1, -0.05) is 55.0 Å². The van der Waals surface area contributed by atoms with E-state index in [-0.39, 0.29) is 16.7 Å². The number of hydrogen-bond donors (Lipinski definition) is 1. The second-order valence-electron chi connectivity index (χ2n) is 7.98. The quantitative estimate of drug-likeness (QED) is 0.851. The molecule has 0 radical (unpaired) electrons. The molecule has 2 aromatic rings. The first-order valence-electron chi connectivity index (χ1n) is 9.79. The number of nitrogens with zero attached hydrogens (tertiary/aromatic N) is 1. The first-order valence-corrected chi connectivity index (χ1v) is 9.79. The smallest absolute Gasteiger partial charge is 0.228 e. The molecular weight excluding hydrogens is 332 g/mol. The summed E-state index contributed by atoms with van der Waals surface area (Å²) in [5.41, 5.74) is 9.78. The second kappa shape index (κ2) is 7.56. The molecule has 0 unspecified atom stereocenters. The maximum Gasteiger partial charge on any atom is 0.228 e. The van der Waals surface area contributed by atoms with Gasteiger partial charge in [-0.15, -0.1) is 0 Å². The zero-order chi connectivity index (χ0) is 19.5. The predicted octanol–water partition coefficient (Wildman–Crippen LogP) is 4.84. The van der Waals surface area contributed by atoms with Crippen molar-refractivity contribution in [3.8, 4) is 6.07 Å². The molecule has 4 rings (SSSR count). The Morgan fingerprint density at radius 2 is 1.37 bits per heavy atom. The number of rotatable bonds is 3. The van der Waals surface area contributed by atoms with E-state index in [1.165, 1.54) is 23.1 Å². The standard InChI is InChI=1S/C12H15NO.C12H13N/c1-9-5-2-3-6-10(9)12(11(13)14)7-4-8-12;1-10-5-2-3-6-11(10)12(9-13)7-4-8-12/h2-3,5-6H,4,7-8H2,1H3,(H2,13,14);2-3,5-6H,4,7-8H2,1H3. The number of carbonyl (C=O) groups excluding carboxylic acids is 1.